The van der Waals surface area contributed by atoms with Crippen LogP contribution in [0.5, 0.6) is 17.2 Å². The molecule has 0 radical (unpaired) electrons. The lowest BCUT2D eigenvalue weighted by atomic mass is 10.1. The number of nitrogens with one attached hydrogen (secondary N) is 1. The number of methoxy groups -OCH3 is 3. The molecular formula is C21H29NO5. The van der Waals surface area contributed by atoms with Crippen LogP contribution in [-0.2, 0) is 11.3 Å². The van der Waals surface area contributed by atoms with E-state index >= 15 is 0 Å². The van der Waals surface area contributed by atoms with Crippen LogP contribution in [0.15, 0.2) is 42.5 Å². The van der Waals surface area contributed by atoms with Crippen molar-refractivity contribution >= 4 is 0 Å². The third-order valence-corrected chi connectivity index (χ3v) is 4.26. The molecule has 0 amide bonds. The van der Waals surface area contributed by atoms with Crippen LogP contribution in [0.4, 0.5) is 0 Å². The van der Waals surface area contributed by atoms with Gasteiger partial charge in [-0.3, -0.25) is 0 Å². The molecule has 0 bridgehead atoms. The highest BCUT2D eigenvalue weighted by Gasteiger charge is 2.14. The van der Waals surface area contributed by atoms with Crippen molar-refractivity contribution in [2.45, 2.75) is 25.7 Å². The van der Waals surface area contributed by atoms with Crippen molar-refractivity contribution in [2.24, 2.45) is 0 Å². The number of hydrogen-bond donors (Lipinski definition) is 2. The van der Waals surface area contributed by atoms with Crippen LogP contribution in [0.25, 0.3) is 0 Å². The molecule has 0 unspecified atom stereocenters. The minimum atomic E-state index is -0.599. The van der Waals surface area contributed by atoms with Crippen molar-refractivity contribution in [2.75, 3.05) is 34.5 Å². The summed E-state index contributed by atoms with van der Waals surface area (Å²) >= 11 is 0. The largest absolute Gasteiger partial charge is 0.493 e. The Morgan fingerprint density at radius 1 is 0.963 bits per heavy atom. The number of rotatable bonds is 11. The Morgan fingerprint density at radius 2 is 1.59 bits per heavy atom. The molecule has 0 heterocycles. The van der Waals surface area contributed by atoms with Crippen LogP contribution in [0.1, 0.15) is 24.1 Å². The standard InChI is InChI=1S/C21H29NO5/c1-15(17-8-6-5-7-9-17)22-12-18(23)14-27-13-16-10-19(24-2)21(26-4)20(11-16)25-3/h5-11,15,18,22-23H,12-14H2,1-4H3/t15-,18+/m1/s1. The number of hydrogen-bond acceptors (Lipinski definition) is 6. The fourth-order valence-corrected chi connectivity index (χ4v) is 2.76. The van der Waals surface area contributed by atoms with Crippen LogP contribution < -0.4 is 19.5 Å². The molecule has 0 aliphatic heterocycles. The second kappa shape index (κ2) is 10.8. The molecule has 6 heteroatoms. The summed E-state index contributed by atoms with van der Waals surface area (Å²) in [6.07, 6.45) is -0.599. The number of aliphatic hydroxyl groups is 1. The van der Waals surface area contributed by atoms with Gasteiger partial charge in [0, 0.05) is 12.6 Å². The van der Waals surface area contributed by atoms with E-state index < -0.39 is 6.10 Å². The Bertz CT molecular complexity index is 667. The maximum absolute atomic E-state index is 10.1. The Morgan fingerprint density at radius 3 is 2.15 bits per heavy atom. The van der Waals surface area contributed by atoms with Gasteiger partial charge in [-0.2, -0.15) is 0 Å². The van der Waals surface area contributed by atoms with E-state index in [0.29, 0.717) is 30.4 Å². The Labute approximate surface area is 161 Å². The highest BCUT2D eigenvalue weighted by atomic mass is 16.5. The van der Waals surface area contributed by atoms with Gasteiger partial charge in [-0.1, -0.05) is 30.3 Å². The van der Waals surface area contributed by atoms with Crippen LogP contribution in [0, 0.1) is 0 Å². The molecule has 0 fully saturated rings. The van der Waals surface area contributed by atoms with Gasteiger partial charge in [0.05, 0.1) is 40.6 Å². The van der Waals surface area contributed by atoms with Crippen molar-refractivity contribution in [1.29, 1.82) is 0 Å². The molecule has 2 rings (SSSR count). The van der Waals surface area contributed by atoms with E-state index in [2.05, 4.69) is 24.4 Å². The molecule has 0 saturated heterocycles. The quantitative estimate of drug-likeness (QED) is 0.629. The second-order valence-corrected chi connectivity index (χ2v) is 6.24. The van der Waals surface area contributed by atoms with E-state index in [4.69, 9.17) is 18.9 Å². The van der Waals surface area contributed by atoms with Crippen LogP contribution in [-0.4, -0.2) is 45.7 Å². The third kappa shape index (κ3) is 6.13. The molecule has 27 heavy (non-hydrogen) atoms. The molecule has 6 nitrogen and oxygen atoms in total. The van der Waals surface area contributed by atoms with Crippen molar-refractivity contribution in [1.82, 2.24) is 5.32 Å². The van der Waals surface area contributed by atoms with E-state index in [1.165, 1.54) is 5.56 Å². The molecule has 0 aromatic heterocycles. The first-order valence-electron chi connectivity index (χ1n) is 8.92. The zero-order valence-electron chi connectivity index (χ0n) is 16.4. The predicted molar refractivity (Wildman–Crippen MR) is 105 cm³/mol. The lowest BCUT2D eigenvalue weighted by molar-refractivity contribution is 0.0277. The molecule has 2 aromatic rings. The van der Waals surface area contributed by atoms with Crippen LogP contribution >= 0.6 is 0 Å². The number of benzene rings is 2. The van der Waals surface area contributed by atoms with Gasteiger partial charge in [0.15, 0.2) is 11.5 Å². The Kier molecular flexibility index (Phi) is 8.39. The van der Waals surface area contributed by atoms with Crippen molar-refractivity contribution in [3.05, 3.63) is 53.6 Å². The smallest absolute Gasteiger partial charge is 0.203 e. The monoisotopic (exact) mass is 375 g/mol. The fourth-order valence-electron chi connectivity index (χ4n) is 2.76. The molecule has 0 saturated carbocycles. The summed E-state index contributed by atoms with van der Waals surface area (Å²) < 4.78 is 21.6. The van der Waals surface area contributed by atoms with Crippen LogP contribution in [0.2, 0.25) is 0 Å². The Balaban J connectivity index is 1.81. The second-order valence-electron chi connectivity index (χ2n) is 6.24. The van der Waals surface area contributed by atoms with E-state index in [9.17, 15) is 5.11 Å². The summed E-state index contributed by atoms with van der Waals surface area (Å²) in [5.41, 5.74) is 2.06. The van der Waals surface area contributed by atoms with Gasteiger partial charge in [0.25, 0.3) is 0 Å². The topological polar surface area (TPSA) is 69.2 Å². The van der Waals surface area contributed by atoms with Gasteiger partial charge in [0.1, 0.15) is 0 Å². The van der Waals surface area contributed by atoms with E-state index in [1.54, 1.807) is 21.3 Å². The van der Waals surface area contributed by atoms with Gasteiger partial charge in [0.2, 0.25) is 5.75 Å². The molecule has 2 N–H and O–H groups in total. The minimum Gasteiger partial charge on any atom is -0.493 e. The molecule has 2 atom stereocenters. The highest BCUT2D eigenvalue weighted by molar-refractivity contribution is 5.53. The van der Waals surface area contributed by atoms with E-state index in [-0.39, 0.29) is 12.6 Å². The molecule has 2 aromatic carbocycles. The minimum absolute atomic E-state index is 0.163. The SMILES string of the molecule is COc1cc(COC[C@@H](O)CN[C@H](C)c2ccccc2)cc(OC)c1OC. The zero-order chi connectivity index (χ0) is 19.6. The average Bonchev–Trinajstić information content (AvgIpc) is 2.71. The molecular weight excluding hydrogens is 346 g/mol. The maximum atomic E-state index is 10.1. The molecule has 0 spiro atoms. The van der Waals surface area contributed by atoms with Gasteiger partial charge < -0.3 is 29.4 Å². The normalized spacial score (nSPS) is 13.1. The lowest BCUT2D eigenvalue weighted by Gasteiger charge is -2.18. The van der Waals surface area contributed by atoms with Crippen molar-refractivity contribution in [3.8, 4) is 17.2 Å². The van der Waals surface area contributed by atoms with Crippen molar-refractivity contribution in [3.63, 3.8) is 0 Å². The highest BCUT2D eigenvalue weighted by Crippen LogP contribution is 2.38. The number of ether oxygens (including phenoxy) is 4. The first kappa shape index (κ1) is 21.0. The van der Waals surface area contributed by atoms with E-state index in [1.807, 2.05) is 30.3 Å². The van der Waals surface area contributed by atoms with Gasteiger partial charge in [-0.25, -0.2) is 0 Å². The zero-order valence-corrected chi connectivity index (χ0v) is 16.4. The summed E-state index contributed by atoms with van der Waals surface area (Å²) in [6, 6.07) is 14.0. The molecule has 0 aliphatic carbocycles. The van der Waals surface area contributed by atoms with Gasteiger partial charge >= 0.3 is 0 Å². The summed E-state index contributed by atoms with van der Waals surface area (Å²) in [7, 11) is 4.72. The summed E-state index contributed by atoms with van der Waals surface area (Å²) in [6.45, 7) is 3.08. The summed E-state index contributed by atoms with van der Waals surface area (Å²) in [4.78, 5) is 0. The fraction of sp³-hybridized carbons (Fsp3) is 0.429. The third-order valence-electron chi connectivity index (χ3n) is 4.26. The predicted octanol–water partition coefficient (Wildman–Crippen LogP) is 2.94. The molecule has 148 valence electrons. The van der Waals surface area contributed by atoms with Crippen molar-refractivity contribution < 1.29 is 24.1 Å². The first-order chi connectivity index (χ1) is 13.1. The van der Waals surface area contributed by atoms with Crippen LogP contribution in [0.3, 0.4) is 0 Å². The van der Waals surface area contributed by atoms with E-state index in [0.717, 1.165) is 5.56 Å². The van der Waals surface area contributed by atoms with Gasteiger partial charge in [-0.15, -0.1) is 0 Å². The first-order valence-corrected chi connectivity index (χ1v) is 8.92. The maximum Gasteiger partial charge on any atom is 0.203 e. The summed E-state index contributed by atoms with van der Waals surface area (Å²) in [5, 5.41) is 13.5. The molecule has 0 aliphatic rings. The Hall–Kier alpha value is -2.28. The average molecular weight is 375 g/mol. The number of aliphatic hydroxyl groups excluding tert-OH is 1. The summed E-state index contributed by atoms with van der Waals surface area (Å²) in [5.74, 6) is 1.70. The lowest BCUT2D eigenvalue weighted by Crippen LogP contribution is -2.32. The van der Waals surface area contributed by atoms with Gasteiger partial charge in [-0.05, 0) is 30.2 Å².